The lowest BCUT2D eigenvalue weighted by Crippen LogP contribution is -2.40. The van der Waals surface area contributed by atoms with Crippen molar-refractivity contribution in [2.45, 2.75) is 31.7 Å². The van der Waals surface area contributed by atoms with E-state index < -0.39 is 24.1 Å². The molecule has 1 aliphatic heterocycles. The monoisotopic (exact) mass is 442 g/mol. The van der Waals surface area contributed by atoms with Crippen LogP contribution in [-0.2, 0) is 6.18 Å². The molecule has 0 amide bonds. The molecule has 166 valence electrons. The first-order valence-electron chi connectivity index (χ1n) is 9.52. The Kier molecular flexibility index (Phi) is 5.65. The number of halogens is 5. The standard InChI is InChI=1S/C19H19F5N6O/c1-29-6-2-3-12(9-29)26-18-28-27-16(14-8-25-10-30(14)18)13-5-4-11(19(22,23)24)7-15(13)31-17(20)21/h4-5,7-8,10,12,17H,2-3,6,9H2,1H3,(H,26,28)/t12-/m1/s1. The van der Waals surface area contributed by atoms with Crippen LogP contribution in [0.4, 0.5) is 27.9 Å². The van der Waals surface area contributed by atoms with E-state index in [1.807, 2.05) is 7.05 Å². The predicted molar refractivity (Wildman–Crippen MR) is 102 cm³/mol. The summed E-state index contributed by atoms with van der Waals surface area (Å²) in [5.41, 5.74) is -0.687. The number of nitrogens with zero attached hydrogens (tertiary/aromatic N) is 5. The van der Waals surface area contributed by atoms with E-state index in [0.29, 0.717) is 17.5 Å². The fourth-order valence-electron chi connectivity index (χ4n) is 3.68. The Labute approximate surface area is 173 Å². The zero-order chi connectivity index (χ0) is 22.2. The molecule has 7 nitrogen and oxygen atoms in total. The molecule has 1 saturated heterocycles. The number of hydrogen-bond donors (Lipinski definition) is 1. The molecule has 1 fully saturated rings. The van der Waals surface area contributed by atoms with Crippen LogP contribution in [0.1, 0.15) is 18.4 Å². The van der Waals surface area contributed by atoms with Crippen molar-refractivity contribution >= 4 is 11.5 Å². The minimum atomic E-state index is -4.71. The largest absolute Gasteiger partial charge is 0.434 e. The number of nitrogens with one attached hydrogen (secondary N) is 1. The first kappa shape index (κ1) is 21.2. The van der Waals surface area contributed by atoms with Crippen LogP contribution in [0.3, 0.4) is 0 Å². The van der Waals surface area contributed by atoms with Crippen molar-refractivity contribution in [2.75, 3.05) is 25.5 Å². The van der Waals surface area contributed by atoms with Gasteiger partial charge in [-0.2, -0.15) is 22.0 Å². The molecular formula is C19H19F5N6O. The van der Waals surface area contributed by atoms with E-state index in [4.69, 9.17) is 0 Å². The van der Waals surface area contributed by atoms with E-state index in [1.54, 1.807) is 4.40 Å². The minimum Gasteiger partial charge on any atom is -0.434 e. The van der Waals surface area contributed by atoms with Gasteiger partial charge in [-0.15, -0.1) is 10.2 Å². The third-order valence-electron chi connectivity index (χ3n) is 5.09. The van der Waals surface area contributed by atoms with Crippen LogP contribution >= 0.6 is 0 Å². The number of rotatable bonds is 5. The lowest BCUT2D eigenvalue weighted by molar-refractivity contribution is -0.138. The highest BCUT2D eigenvalue weighted by Crippen LogP contribution is 2.38. The summed E-state index contributed by atoms with van der Waals surface area (Å²) in [7, 11) is 2.02. The van der Waals surface area contributed by atoms with Gasteiger partial charge in [-0.25, -0.2) is 4.98 Å². The number of likely N-dealkylation sites (N-methyl/N-ethyl adjacent to an activating group) is 1. The first-order chi connectivity index (χ1) is 14.7. The molecule has 1 N–H and O–H groups in total. The molecule has 1 aromatic carbocycles. The first-order valence-corrected chi connectivity index (χ1v) is 9.52. The van der Waals surface area contributed by atoms with Crippen LogP contribution in [-0.4, -0.2) is 57.3 Å². The maximum atomic E-state index is 13.0. The maximum Gasteiger partial charge on any atom is 0.416 e. The van der Waals surface area contributed by atoms with Crippen molar-refractivity contribution in [3.8, 4) is 17.0 Å². The molecule has 0 unspecified atom stereocenters. The summed E-state index contributed by atoms with van der Waals surface area (Å²) in [5, 5.41) is 11.5. The molecule has 0 bridgehead atoms. The third kappa shape index (κ3) is 4.53. The Bertz CT molecular complexity index is 1070. The summed E-state index contributed by atoms with van der Waals surface area (Å²) in [6, 6.07) is 2.49. The second kappa shape index (κ2) is 8.25. The molecule has 1 atom stereocenters. The Morgan fingerprint density at radius 2 is 2.03 bits per heavy atom. The molecular weight excluding hydrogens is 423 g/mol. The van der Waals surface area contributed by atoms with Crippen molar-refractivity contribution in [2.24, 2.45) is 0 Å². The van der Waals surface area contributed by atoms with Crippen molar-refractivity contribution in [3.63, 3.8) is 0 Å². The number of anilines is 1. The third-order valence-corrected chi connectivity index (χ3v) is 5.09. The Morgan fingerprint density at radius 3 is 2.74 bits per heavy atom. The van der Waals surface area contributed by atoms with Gasteiger partial charge >= 0.3 is 12.8 Å². The molecule has 12 heteroatoms. The fraction of sp³-hybridized carbons (Fsp3) is 0.421. The van der Waals surface area contributed by atoms with Gasteiger partial charge in [0.15, 0.2) is 0 Å². The molecule has 1 aliphatic rings. The van der Waals surface area contributed by atoms with E-state index in [1.165, 1.54) is 12.5 Å². The summed E-state index contributed by atoms with van der Waals surface area (Å²) in [4.78, 5) is 6.25. The van der Waals surface area contributed by atoms with Crippen molar-refractivity contribution in [1.82, 2.24) is 24.5 Å². The predicted octanol–water partition coefficient (Wildman–Crippen LogP) is 3.92. The summed E-state index contributed by atoms with van der Waals surface area (Å²) >= 11 is 0. The summed E-state index contributed by atoms with van der Waals surface area (Å²) in [5.74, 6) is -0.239. The van der Waals surface area contributed by atoms with Gasteiger partial charge in [0.1, 0.15) is 17.8 Å². The van der Waals surface area contributed by atoms with Crippen LogP contribution < -0.4 is 10.1 Å². The fourth-order valence-corrected chi connectivity index (χ4v) is 3.68. The van der Waals surface area contributed by atoms with E-state index in [0.717, 1.165) is 38.1 Å². The van der Waals surface area contributed by atoms with Crippen LogP contribution in [0.25, 0.3) is 16.8 Å². The number of aromatic nitrogens is 4. The molecule has 0 spiro atoms. The van der Waals surface area contributed by atoms with Crippen LogP contribution in [0.5, 0.6) is 5.75 Å². The number of benzene rings is 1. The van der Waals surface area contributed by atoms with E-state index >= 15 is 0 Å². The molecule has 0 aliphatic carbocycles. The smallest absolute Gasteiger partial charge is 0.416 e. The topological polar surface area (TPSA) is 67.6 Å². The van der Waals surface area contributed by atoms with E-state index in [-0.39, 0.29) is 17.3 Å². The van der Waals surface area contributed by atoms with Crippen LogP contribution in [0.2, 0.25) is 0 Å². The Morgan fingerprint density at radius 1 is 1.23 bits per heavy atom. The quantitative estimate of drug-likeness (QED) is 0.605. The lowest BCUT2D eigenvalue weighted by Gasteiger charge is -2.30. The number of piperidine rings is 1. The van der Waals surface area contributed by atoms with Crippen LogP contribution in [0.15, 0.2) is 30.7 Å². The van der Waals surface area contributed by atoms with Gasteiger partial charge in [0.25, 0.3) is 0 Å². The summed E-state index contributed by atoms with van der Waals surface area (Å²) in [6.07, 6.45) is 0.158. The van der Waals surface area contributed by atoms with Crippen LogP contribution in [0, 0.1) is 0 Å². The molecule has 31 heavy (non-hydrogen) atoms. The van der Waals surface area contributed by atoms with E-state index in [2.05, 4.69) is 30.1 Å². The zero-order valence-electron chi connectivity index (χ0n) is 16.4. The molecule has 3 heterocycles. The highest BCUT2D eigenvalue weighted by molar-refractivity contribution is 5.81. The van der Waals surface area contributed by atoms with Gasteiger partial charge in [-0.3, -0.25) is 4.40 Å². The van der Waals surface area contributed by atoms with Gasteiger partial charge < -0.3 is 15.0 Å². The molecule has 0 radical (unpaired) electrons. The number of ether oxygens (including phenoxy) is 1. The van der Waals surface area contributed by atoms with Gasteiger partial charge in [-0.05, 0) is 44.6 Å². The SMILES string of the molecule is CN1CCC[C@@H](Nc2nnc(-c3ccc(C(F)(F)F)cc3OC(F)F)c3cncn23)C1. The second-order valence-electron chi connectivity index (χ2n) is 7.35. The number of likely N-dealkylation sites (tertiary alicyclic amines) is 1. The highest BCUT2D eigenvalue weighted by atomic mass is 19.4. The highest BCUT2D eigenvalue weighted by Gasteiger charge is 2.32. The average Bonchev–Trinajstić information content (AvgIpc) is 3.18. The minimum absolute atomic E-state index is 0.0461. The second-order valence-corrected chi connectivity index (χ2v) is 7.35. The normalized spacial score (nSPS) is 18.0. The van der Waals surface area contributed by atoms with Crippen molar-refractivity contribution in [3.05, 3.63) is 36.3 Å². The van der Waals surface area contributed by atoms with Gasteiger partial charge in [0.2, 0.25) is 5.95 Å². The average molecular weight is 442 g/mol. The summed E-state index contributed by atoms with van der Waals surface area (Å²) < 4.78 is 70.9. The van der Waals surface area contributed by atoms with Crippen molar-refractivity contribution < 1.29 is 26.7 Å². The number of fused-ring (bicyclic) bond motifs is 1. The summed E-state index contributed by atoms with van der Waals surface area (Å²) in [6.45, 7) is -1.49. The van der Waals surface area contributed by atoms with E-state index in [9.17, 15) is 22.0 Å². The number of hydrogen-bond acceptors (Lipinski definition) is 6. The Hall–Kier alpha value is -3.02. The molecule has 2 aromatic heterocycles. The lowest BCUT2D eigenvalue weighted by atomic mass is 10.1. The Balaban J connectivity index is 1.74. The van der Waals surface area contributed by atoms with Gasteiger partial charge in [0, 0.05) is 18.2 Å². The maximum absolute atomic E-state index is 13.0. The zero-order valence-corrected chi connectivity index (χ0v) is 16.4. The molecule has 0 saturated carbocycles. The molecule has 4 rings (SSSR count). The number of imidazole rings is 1. The van der Waals surface area contributed by atoms with Gasteiger partial charge in [-0.1, -0.05) is 0 Å². The van der Waals surface area contributed by atoms with Gasteiger partial charge in [0.05, 0.1) is 17.3 Å². The van der Waals surface area contributed by atoms with Crippen molar-refractivity contribution in [1.29, 1.82) is 0 Å². The molecule has 3 aromatic rings. The number of alkyl halides is 5.